The number of hydrogen-bond donors (Lipinski definition) is 7. The molecule has 0 spiro atoms. The van der Waals surface area contributed by atoms with Gasteiger partial charge in [0.2, 0.25) is 5.91 Å². The summed E-state index contributed by atoms with van der Waals surface area (Å²) in [7, 11) is 0. The molecule has 7 N–H and O–H groups in total. The fraction of sp³-hybridized carbons (Fsp3) is 0.562. The zero-order valence-electron chi connectivity index (χ0n) is 13.6. The highest BCUT2D eigenvalue weighted by Crippen LogP contribution is 2.36. The molecule has 1 aromatic rings. The van der Waals surface area contributed by atoms with Crippen LogP contribution in [0, 0.1) is 0 Å². The van der Waals surface area contributed by atoms with Gasteiger partial charge in [-0.25, -0.2) is 0 Å². The van der Waals surface area contributed by atoms with Crippen molar-refractivity contribution in [3.63, 3.8) is 0 Å². The summed E-state index contributed by atoms with van der Waals surface area (Å²) in [5, 5.41) is 62.2. The van der Waals surface area contributed by atoms with Crippen molar-refractivity contribution >= 4 is 5.91 Å². The highest BCUT2D eigenvalue weighted by molar-refractivity contribution is 5.74. The van der Waals surface area contributed by atoms with Crippen LogP contribution in [0.25, 0.3) is 0 Å². The van der Waals surface area contributed by atoms with Gasteiger partial charge in [-0.1, -0.05) is 12.1 Å². The van der Waals surface area contributed by atoms with E-state index in [2.05, 4.69) is 5.32 Å². The van der Waals surface area contributed by atoms with Crippen LogP contribution >= 0.6 is 0 Å². The lowest BCUT2D eigenvalue weighted by atomic mass is 9.78. The Morgan fingerprint density at radius 1 is 1.28 bits per heavy atom. The number of ether oxygens (including phenoxy) is 1. The van der Waals surface area contributed by atoms with Crippen molar-refractivity contribution in [1.29, 1.82) is 0 Å². The van der Waals surface area contributed by atoms with Crippen molar-refractivity contribution in [3.05, 3.63) is 29.8 Å². The van der Waals surface area contributed by atoms with Crippen LogP contribution in [-0.2, 0) is 9.53 Å². The molecule has 140 valence electrons. The van der Waals surface area contributed by atoms with E-state index in [0.29, 0.717) is 5.56 Å². The molecule has 6 atom stereocenters. The maximum Gasteiger partial charge on any atom is 0.217 e. The number of phenolic OH excluding ortho intramolecular Hbond substituents is 1. The molecule has 9 heteroatoms. The molecule has 2 rings (SSSR count). The van der Waals surface area contributed by atoms with Crippen LogP contribution in [0.4, 0.5) is 0 Å². The van der Waals surface area contributed by atoms with Gasteiger partial charge in [-0.05, 0) is 17.7 Å². The Morgan fingerprint density at radius 3 is 2.40 bits per heavy atom. The van der Waals surface area contributed by atoms with E-state index in [1.165, 1.54) is 24.3 Å². The van der Waals surface area contributed by atoms with Crippen LogP contribution in [0.1, 0.15) is 25.0 Å². The van der Waals surface area contributed by atoms with E-state index in [1.54, 1.807) is 0 Å². The molecule has 1 aromatic carbocycles. The van der Waals surface area contributed by atoms with Crippen LogP contribution in [0.15, 0.2) is 24.3 Å². The van der Waals surface area contributed by atoms with E-state index < -0.39 is 48.8 Å². The number of phenols is 1. The Kier molecular flexibility index (Phi) is 5.99. The molecule has 9 nitrogen and oxygen atoms in total. The highest BCUT2D eigenvalue weighted by Gasteiger charge is 2.56. The van der Waals surface area contributed by atoms with E-state index in [9.17, 15) is 30.3 Å². The fourth-order valence-corrected chi connectivity index (χ4v) is 3.04. The normalized spacial score (nSPS) is 33.7. The van der Waals surface area contributed by atoms with Gasteiger partial charge in [0.15, 0.2) is 6.29 Å². The molecule has 1 unspecified atom stereocenters. The number of aliphatic hydroxyl groups excluding tert-OH is 5. The topological polar surface area (TPSA) is 160 Å². The average molecular weight is 357 g/mol. The number of rotatable bonds is 5. The molecule has 0 aliphatic carbocycles. The minimum atomic E-state index is -1.89. The van der Waals surface area contributed by atoms with Crippen molar-refractivity contribution in [2.75, 3.05) is 6.61 Å². The third-order valence-corrected chi connectivity index (χ3v) is 4.37. The average Bonchev–Trinajstić information content (AvgIpc) is 2.56. The third-order valence-electron chi connectivity index (χ3n) is 4.37. The van der Waals surface area contributed by atoms with Gasteiger partial charge < -0.3 is 40.7 Å². The third kappa shape index (κ3) is 3.92. The minimum absolute atomic E-state index is 0.00481. The van der Waals surface area contributed by atoms with Crippen LogP contribution in [0.2, 0.25) is 0 Å². The number of benzene rings is 1. The predicted octanol–water partition coefficient (Wildman–Crippen LogP) is -1.88. The van der Waals surface area contributed by atoms with Gasteiger partial charge in [-0.3, -0.25) is 4.79 Å². The molecular weight excluding hydrogens is 334 g/mol. The number of nitrogens with one attached hydrogen (secondary N) is 1. The quantitative estimate of drug-likeness (QED) is 0.322. The van der Waals surface area contributed by atoms with E-state index in [1.807, 2.05) is 0 Å². The Hall–Kier alpha value is -1.75. The molecule has 1 amide bonds. The van der Waals surface area contributed by atoms with E-state index >= 15 is 0 Å². The van der Waals surface area contributed by atoms with Gasteiger partial charge in [-0.15, -0.1) is 0 Å². The summed E-state index contributed by atoms with van der Waals surface area (Å²) < 4.78 is 5.12. The van der Waals surface area contributed by atoms with Gasteiger partial charge in [0, 0.05) is 13.3 Å². The SMILES string of the molecule is CC(=O)N[C@@]1(CC(O)c2ccc(O)cc2)[C@@H](O)O[C@H](CO)[C@H](O)[C@@H]1O. The maximum atomic E-state index is 11.6. The Morgan fingerprint density at radius 2 is 1.88 bits per heavy atom. The number of aliphatic hydroxyl groups is 5. The first-order chi connectivity index (χ1) is 11.7. The predicted molar refractivity (Wildman–Crippen MR) is 84.2 cm³/mol. The molecular formula is C16H23NO8. The maximum absolute atomic E-state index is 11.6. The van der Waals surface area contributed by atoms with Crippen molar-refractivity contribution < 1.29 is 40.2 Å². The number of carbonyl (C=O) groups excluding carboxylic acids is 1. The number of carbonyl (C=O) groups is 1. The van der Waals surface area contributed by atoms with Gasteiger partial charge in [0.1, 0.15) is 29.6 Å². The summed E-state index contributed by atoms with van der Waals surface area (Å²) in [6.45, 7) is 0.505. The van der Waals surface area contributed by atoms with Gasteiger partial charge >= 0.3 is 0 Å². The largest absolute Gasteiger partial charge is 0.508 e. The van der Waals surface area contributed by atoms with Crippen LogP contribution in [0.3, 0.4) is 0 Å². The van der Waals surface area contributed by atoms with Crippen molar-refractivity contribution in [1.82, 2.24) is 5.32 Å². The summed E-state index contributed by atoms with van der Waals surface area (Å²) in [5.74, 6) is -0.621. The van der Waals surface area contributed by atoms with Crippen molar-refractivity contribution in [2.24, 2.45) is 0 Å². The zero-order chi connectivity index (χ0) is 18.8. The molecule has 0 radical (unpaired) electrons. The first-order valence-corrected chi connectivity index (χ1v) is 7.77. The number of hydrogen-bond acceptors (Lipinski definition) is 8. The highest BCUT2D eigenvalue weighted by atomic mass is 16.6. The fourth-order valence-electron chi connectivity index (χ4n) is 3.04. The minimum Gasteiger partial charge on any atom is -0.508 e. The van der Waals surface area contributed by atoms with Crippen molar-refractivity contribution in [2.45, 2.75) is 49.6 Å². The molecule has 1 heterocycles. The second kappa shape index (κ2) is 7.65. The molecule has 1 aliphatic heterocycles. The lowest BCUT2D eigenvalue weighted by molar-refractivity contribution is -0.288. The van der Waals surface area contributed by atoms with Gasteiger partial charge in [-0.2, -0.15) is 0 Å². The molecule has 0 bridgehead atoms. The first kappa shape index (κ1) is 19.6. The second-order valence-corrected chi connectivity index (χ2v) is 6.18. The van der Waals surface area contributed by atoms with Gasteiger partial charge in [0.05, 0.1) is 12.7 Å². The van der Waals surface area contributed by atoms with Crippen LogP contribution in [0.5, 0.6) is 5.75 Å². The number of aromatic hydroxyl groups is 1. The lowest BCUT2D eigenvalue weighted by Crippen LogP contribution is -2.73. The van der Waals surface area contributed by atoms with E-state index in [4.69, 9.17) is 9.84 Å². The molecule has 1 saturated heterocycles. The molecule has 0 aromatic heterocycles. The number of amides is 1. The molecule has 1 fully saturated rings. The van der Waals surface area contributed by atoms with Crippen LogP contribution < -0.4 is 5.32 Å². The smallest absolute Gasteiger partial charge is 0.217 e. The summed E-state index contributed by atoms with van der Waals surface area (Å²) in [6, 6.07) is 5.59. The summed E-state index contributed by atoms with van der Waals surface area (Å²) in [5.41, 5.74) is -1.53. The summed E-state index contributed by atoms with van der Waals surface area (Å²) in [4.78, 5) is 11.6. The lowest BCUT2D eigenvalue weighted by Gasteiger charge is -2.50. The Labute approximate surface area is 144 Å². The molecule has 0 saturated carbocycles. The summed E-state index contributed by atoms with van der Waals surface area (Å²) >= 11 is 0. The first-order valence-electron chi connectivity index (χ1n) is 7.77. The zero-order valence-corrected chi connectivity index (χ0v) is 13.6. The van der Waals surface area contributed by atoms with E-state index in [-0.39, 0.29) is 12.2 Å². The Balaban J connectivity index is 2.33. The monoisotopic (exact) mass is 357 g/mol. The van der Waals surface area contributed by atoms with E-state index in [0.717, 1.165) is 6.92 Å². The molecule has 1 aliphatic rings. The van der Waals surface area contributed by atoms with Crippen LogP contribution in [-0.4, -0.2) is 73.3 Å². The van der Waals surface area contributed by atoms with Gasteiger partial charge in [0.25, 0.3) is 0 Å². The summed E-state index contributed by atoms with van der Waals surface area (Å²) in [6.07, 6.45) is -7.94. The molecule has 25 heavy (non-hydrogen) atoms. The standard InChI is InChI=1S/C16H23NO8/c1-8(19)17-16(6-11(21)9-2-4-10(20)5-3-9)14(23)13(22)12(7-18)25-15(16)24/h2-5,11-15,18,20-24H,6-7H2,1H3,(H,17,19)/t11?,12-,13+,14+,15+,16-/m1/s1. The van der Waals surface area contributed by atoms with Crippen molar-refractivity contribution in [3.8, 4) is 5.75 Å². The Bertz CT molecular complexity index is 594. The second-order valence-electron chi connectivity index (χ2n) is 6.18.